The van der Waals surface area contributed by atoms with Gasteiger partial charge in [0.1, 0.15) is 11.6 Å². The van der Waals surface area contributed by atoms with Crippen LogP contribution in [0.2, 0.25) is 0 Å². The molecule has 1 aliphatic heterocycles. The van der Waals surface area contributed by atoms with Gasteiger partial charge in [0.25, 0.3) is 0 Å². The Labute approximate surface area is 95.2 Å². The summed E-state index contributed by atoms with van der Waals surface area (Å²) < 4.78 is 22.7. The molecule has 1 N–H and O–H groups in total. The van der Waals surface area contributed by atoms with Gasteiger partial charge in [-0.1, -0.05) is 0 Å². The number of nitrogens with one attached hydrogen (secondary N) is 1. The van der Waals surface area contributed by atoms with Gasteiger partial charge in [-0.2, -0.15) is 0 Å². The molecule has 1 unspecified atom stereocenters. The number of nitrogens with zero attached hydrogens (tertiary/aromatic N) is 2. The highest BCUT2D eigenvalue weighted by atomic mass is 32.2. The molecule has 6 heteroatoms. The SMILES string of the molecule is CCNc1ccnc(C2CCS(=O)(=O)C2)n1. The maximum atomic E-state index is 11.4. The highest BCUT2D eigenvalue weighted by Crippen LogP contribution is 2.26. The Morgan fingerprint density at radius 2 is 2.38 bits per heavy atom. The average molecular weight is 241 g/mol. The lowest BCUT2D eigenvalue weighted by molar-refractivity contribution is 0.601. The van der Waals surface area contributed by atoms with Crippen LogP contribution in [-0.2, 0) is 9.84 Å². The molecule has 0 spiro atoms. The van der Waals surface area contributed by atoms with Gasteiger partial charge in [-0.15, -0.1) is 0 Å². The Balaban J connectivity index is 2.18. The molecule has 2 heterocycles. The fourth-order valence-electron chi connectivity index (χ4n) is 1.85. The Morgan fingerprint density at radius 1 is 1.56 bits per heavy atom. The van der Waals surface area contributed by atoms with Gasteiger partial charge in [0.05, 0.1) is 11.5 Å². The number of rotatable bonds is 3. The first-order chi connectivity index (χ1) is 7.61. The first-order valence-electron chi connectivity index (χ1n) is 5.38. The summed E-state index contributed by atoms with van der Waals surface area (Å²) >= 11 is 0. The molecule has 1 aromatic rings. The molecule has 1 aromatic heterocycles. The van der Waals surface area contributed by atoms with E-state index in [0.717, 1.165) is 12.4 Å². The Morgan fingerprint density at radius 3 is 3.00 bits per heavy atom. The third-order valence-corrected chi connectivity index (χ3v) is 4.40. The van der Waals surface area contributed by atoms with Crippen LogP contribution in [0.4, 0.5) is 5.82 Å². The Bertz CT molecular complexity index is 473. The maximum Gasteiger partial charge on any atom is 0.151 e. The molecule has 2 rings (SSSR count). The second-order valence-electron chi connectivity index (χ2n) is 3.93. The monoisotopic (exact) mass is 241 g/mol. The highest BCUT2D eigenvalue weighted by Gasteiger charge is 2.30. The van der Waals surface area contributed by atoms with E-state index in [2.05, 4.69) is 15.3 Å². The van der Waals surface area contributed by atoms with Crippen molar-refractivity contribution >= 4 is 15.7 Å². The fourth-order valence-corrected chi connectivity index (χ4v) is 3.59. The molecule has 1 fully saturated rings. The molecular weight excluding hydrogens is 226 g/mol. The molecule has 0 aliphatic carbocycles. The minimum absolute atomic E-state index is 0.0383. The van der Waals surface area contributed by atoms with E-state index in [-0.39, 0.29) is 17.4 Å². The molecule has 0 aromatic carbocycles. The van der Waals surface area contributed by atoms with E-state index in [1.54, 1.807) is 12.3 Å². The van der Waals surface area contributed by atoms with Gasteiger partial charge < -0.3 is 5.32 Å². The molecule has 0 amide bonds. The number of anilines is 1. The minimum Gasteiger partial charge on any atom is -0.370 e. The molecule has 5 nitrogen and oxygen atoms in total. The lowest BCUT2D eigenvalue weighted by Crippen LogP contribution is -2.09. The van der Waals surface area contributed by atoms with Crippen LogP contribution in [0.3, 0.4) is 0 Å². The van der Waals surface area contributed by atoms with Crippen LogP contribution in [0, 0.1) is 0 Å². The fraction of sp³-hybridized carbons (Fsp3) is 0.600. The molecule has 0 radical (unpaired) electrons. The summed E-state index contributed by atoms with van der Waals surface area (Å²) in [5.74, 6) is 1.80. The number of sulfone groups is 1. The van der Waals surface area contributed by atoms with Crippen molar-refractivity contribution in [1.29, 1.82) is 0 Å². The summed E-state index contributed by atoms with van der Waals surface area (Å²) in [6.07, 6.45) is 2.31. The second kappa shape index (κ2) is 4.37. The van der Waals surface area contributed by atoms with Crippen molar-refractivity contribution in [3.8, 4) is 0 Å². The van der Waals surface area contributed by atoms with E-state index in [0.29, 0.717) is 12.2 Å². The zero-order valence-corrected chi connectivity index (χ0v) is 10.00. The predicted octanol–water partition coefficient (Wildman–Crippen LogP) is 0.810. The number of aromatic nitrogens is 2. The van der Waals surface area contributed by atoms with E-state index in [1.165, 1.54) is 0 Å². The second-order valence-corrected chi connectivity index (χ2v) is 6.16. The van der Waals surface area contributed by atoms with Crippen molar-refractivity contribution in [1.82, 2.24) is 9.97 Å². The van der Waals surface area contributed by atoms with Crippen LogP contribution in [0.1, 0.15) is 25.1 Å². The molecule has 1 aliphatic rings. The first kappa shape index (κ1) is 11.3. The molecule has 88 valence electrons. The largest absolute Gasteiger partial charge is 0.370 e. The van der Waals surface area contributed by atoms with Gasteiger partial charge in [-0.25, -0.2) is 18.4 Å². The third kappa shape index (κ3) is 2.49. The number of hydrogen-bond donors (Lipinski definition) is 1. The van der Waals surface area contributed by atoms with Gasteiger partial charge in [-0.3, -0.25) is 0 Å². The summed E-state index contributed by atoms with van der Waals surface area (Å²) in [5, 5.41) is 3.09. The Hall–Kier alpha value is -1.17. The van der Waals surface area contributed by atoms with E-state index in [4.69, 9.17) is 0 Å². The lowest BCUT2D eigenvalue weighted by Gasteiger charge is -2.08. The van der Waals surface area contributed by atoms with E-state index >= 15 is 0 Å². The number of hydrogen-bond acceptors (Lipinski definition) is 5. The molecule has 0 saturated carbocycles. The van der Waals surface area contributed by atoms with Crippen molar-refractivity contribution in [2.24, 2.45) is 0 Å². The normalized spacial score (nSPS) is 23.2. The summed E-state index contributed by atoms with van der Waals surface area (Å²) in [7, 11) is -2.87. The van der Waals surface area contributed by atoms with Crippen LogP contribution in [0.25, 0.3) is 0 Å². The van der Waals surface area contributed by atoms with E-state index in [1.807, 2.05) is 6.92 Å². The van der Waals surface area contributed by atoms with Gasteiger partial charge in [0.2, 0.25) is 0 Å². The standard InChI is InChI=1S/C10H15N3O2S/c1-2-11-9-3-5-12-10(13-9)8-4-6-16(14,15)7-8/h3,5,8H,2,4,6-7H2,1H3,(H,11,12,13). The van der Waals surface area contributed by atoms with Crippen molar-refractivity contribution < 1.29 is 8.42 Å². The van der Waals surface area contributed by atoms with Crippen molar-refractivity contribution in [2.45, 2.75) is 19.3 Å². The van der Waals surface area contributed by atoms with Crippen LogP contribution in [0.5, 0.6) is 0 Å². The van der Waals surface area contributed by atoms with Crippen LogP contribution >= 0.6 is 0 Å². The molecule has 1 atom stereocenters. The molecule has 0 bridgehead atoms. The topological polar surface area (TPSA) is 72.0 Å². The zero-order valence-electron chi connectivity index (χ0n) is 9.18. The quantitative estimate of drug-likeness (QED) is 0.848. The van der Waals surface area contributed by atoms with E-state index in [9.17, 15) is 8.42 Å². The van der Waals surface area contributed by atoms with Crippen molar-refractivity contribution in [3.63, 3.8) is 0 Å². The summed E-state index contributed by atoms with van der Waals surface area (Å²) in [6, 6.07) is 1.79. The minimum atomic E-state index is -2.87. The first-order valence-corrected chi connectivity index (χ1v) is 7.20. The molecule has 16 heavy (non-hydrogen) atoms. The van der Waals surface area contributed by atoms with Crippen molar-refractivity contribution in [2.75, 3.05) is 23.4 Å². The maximum absolute atomic E-state index is 11.4. The van der Waals surface area contributed by atoms with Gasteiger partial charge in [0.15, 0.2) is 9.84 Å². The summed E-state index contributed by atoms with van der Waals surface area (Å²) in [5.41, 5.74) is 0. The molecule has 1 saturated heterocycles. The van der Waals surface area contributed by atoms with Crippen LogP contribution < -0.4 is 5.32 Å². The Kier molecular flexibility index (Phi) is 3.09. The third-order valence-electron chi connectivity index (χ3n) is 2.63. The zero-order chi connectivity index (χ0) is 11.6. The molecular formula is C10H15N3O2S. The van der Waals surface area contributed by atoms with Crippen LogP contribution in [-0.4, -0.2) is 36.4 Å². The summed E-state index contributed by atoms with van der Waals surface area (Å²) in [6.45, 7) is 2.78. The lowest BCUT2D eigenvalue weighted by atomic mass is 10.1. The summed E-state index contributed by atoms with van der Waals surface area (Å²) in [4.78, 5) is 8.48. The van der Waals surface area contributed by atoms with Gasteiger partial charge in [-0.05, 0) is 19.4 Å². The van der Waals surface area contributed by atoms with Gasteiger partial charge >= 0.3 is 0 Å². The average Bonchev–Trinajstić information content (AvgIpc) is 2.60. The highest BCUT2D eigenvalue weighted by molar-refractivity contribution is 7.91. The van der Waals surface area contributed by atoms with Crippen molar-refractivity contribution in [3.05, 3.63) is 18.1 Å². The van der Waals surface area contributed by atoms with E-state index < -0.39 is 9.84 Å². The van der Waals surface area contributed by atoms with Crippen LogP contribution in [0.15, 0.2) is 12.3 Å². The smallest absolute Gasteiger partial charge is 0.151 e. The van der Waals surface area contributed by atoms with Gasteiger partial charge in [0, 0.05) is 18.7 Å². The predicted molar refractivity (Wildman–Crippen MR) is 62.2 cm³/mol.